The van der Waals surface area contributed by atoms with Gasteiger partial charge in [-0.15, -0.1) is 11.8 Å². The van der Waals surface area contributed by atoms with Crippen LogP contribution in [0.2, 0.25) is 0 Å². The normalized spacial score (nSPS) is 24.7. The molecule has 178 valence electrons. The smallest absolute Gasteiger partial charge is 0.352 e. The summed E-state index contributed by atoms with van der Waals surface area (Å²) < 4.78 is 9.33. The first-order valence-corrected chi connectivity index (χ1v) is 11.8. The van der Waals surface area contributed by atoms with Gasteiger partial charge in [0.2, 0.25) is 12.1 Å². The molecule has 5 N–H and O–H groups in total. The maximum absolute atomic E-state index is 12.7. The average Bonchev–Trinajstić information content (AvgIpc) is 2.67. The van der Waals surface area contributed by atoms with Crippen molar-refractivity contribution in [3.8, 4) is 0 Å². The van der Waals surface area contributed by atoms with Crippen LogP contribution in [0, 0.1) is 0 Å². The zero-order valence-corrected chi connectivity index (χ0v) is 19.4. The number of primary amides is 1. The first-order chi connectivity index (χ1) is 15.5. The molecule has 0 aromatic rings. The summed E-state index contributed by atoms with van der Waals surface area (Å²) in [6.07, 6.45) is -2.30. The standard InChI is InChI=1S/C17H17N3O10S3/c1-4(21)30-11(19-10(23)17-32-16(33-17)6(9(18)22)14(25)26)5-3-31-13-8(29-2)12(24)20(13)7(5)15(27)28/h8,11,13,17H,3H2,1-2H3,(H2,18,22)(H,19,23)(H,25,26)(H,27,28)/t8-,11?,13+,17?/m0/s1. The van der Waals surface area contributed by atoms with E-state index in [1.165, 1.54) is 18.9 Å². The summed E-state index contributed by atoms with van der Waals surface area (Å²) in [5, 5.41) is 20.6. The van der Waals surface area contributed by atoms with Crippen molar-refractivity contribution in [1.82, 2.24) is 10.2 Å². The fourth-order valence-electron chi connectivity index (χ4n) is 3.17. The van der Waals surface area contributed by atoms with Crippen LogP contribution >= 0.6 is 35.3 Å². The number of carboxylic acids is 2. The summed E-state index contributed by atoms with van der Waals surface area (Å²) in [5.41, 5.74) is 3.96. The summed E-state index contributed by atoms with van der Waals surface area (Å²) in [6.45, 7) is 1.06. The van der Waals surface area contributed by atoms with Crippen LogP contribution in [-0.4, -0.2) is 85.9 Å². The number of methoxy groups -OCH3 is 1. The first-order valence-electron chi connectivity index (χ1n) is 9.00. The molecule has 16 heteroatoms. The maximum atomic E-state index is 12.7. The molecular weight excluding hydrogens is 502 g/mol. The Morgan fingerprint density at radius 2 is 1.85 bits per heavy atom. The van der Waals surface area contributed by atoms with Crippen molar-refractivity contribution >= 4 is 70.9 Å². The van der Waals surface area contributed by atoms with Crippen molar-refractivity contribution < 1.29 is 48.5 Å². The molecule has 0 aliphatic carbocycles. The minimum atomic E-state index is -1.53. The molecule has 1 unspecified atom stereocenters. The van der Waals surface area contributed by atoms with Crippen molar-refractivity contribution in [1.29, 1.82) is 0 Å². The van der Waals surface area contributed by atoms with E-state index in [9.17, 15) is 33.9 Å². The maximum Gasteiger partial charge on any atom is 0.352 e. The van der Waals surface area contributed by atoms with E-state index in [-0.39, 0.29) is 15.6 Å². The second-order valence-electron chi connectivity index (χ2n) is 6.64. The molecule has 3 aliphatic rings. The van der Waals surface area contributed by atoms with E-state index < -0.39 is 69.2 Å². The topological polar surface area (TPSA) is 203 Å². The molecule has 3 rings (SSSR count). The molecule has 0 spiro atoms. The number of β-lactam (4-membered cyclic amide) rings is 1. The Kier molecular flexibility index (Phi) is 7.30. The van der Waals surface area contributed by atoms with Gasteiger partial charge in [-0.2, -0.15) is 0 Å². The van der Waals surface area contributed by atoms with Crippen LogP contribution in [-0.2, 0) is 38.2 Å². The highest BCUT2D eigenvalue weighted by molar-refractivity contribution is 8.39. The summed E-state index contributed by atoms with van der Waals surface area (Å²) in [4.78, 5) is 72.0. The van der Waals surface area contributed by atoms with Crippen LogP contribution in [0.1, 0.15) is 6.92 Å². The van der Waals surface area contributed by atoms with Crippen LogP contribution in [0.4, 0.5) is 0 Å². The van der Waals surface area contributed by atoms with Gasteiger partial charge < -0.3 is 30.7 Å². The van der Waals surface area contributed by atoms with Gasteiger partial charge in [-0.25, -0.2) is 9.59 Å². The van der Waals surface area contributed by atoms with E-state index in [1.54, 1.807) is 0 Å². The van der Waals surface area contributed by atoms with E-state index in [0.29, 0.717) is 0 Å². The lowest BCUT2D eigenvalue weighted by Crippen LogP contribution is -2.66. The molecule has 0 aromatic carbocycles. The Balaban J connectivity index is 1.83. The highest BCUT2D eigenvalue weighted by Gasteiger charge is 2.55. The molecule has 0 bridgehead atoms. The molecule has 0 radical (unpaired) electrons. The summed E-state index contributed by atoms with van der Waals surface area (Å²) >= 11 is 2.72. The second kappa shape index (κ2) is 9.66. The van der Waals surface area contributed by atoms with Crippen molar-refractivity contribution in [3.05, 3.63) is 21.1 Å². The Hall–Kier alpha value is -2.69. The number of amides is 3. The van der Waals surface area contributed by atoms with E-state index >= 15 is 0 Å². The fraction of sp³-hybridized carbons (Fsp3) is 0.412. The van der Waals surface area contributed by atoms with Crippen molar-refractivity contribution in [3.63, 3.8) is 0 Å². The molecule has 3 aliphatic heterocycles. The molecule has 13 nitrogen and oxygen atoms in total. The van der Waals surface area contributed by atoms with Gasteiger partial charge in [-0.05, 0) is 0 Å². The largest absolute Gasteiger partial charge is 0.477 e. The number of nitrogens with two attached hydrogens (primary N) is 1. The first kappa shape index (κ1) is 24.9. The SMILES string of the molecule is CO[C@H]1C(=O)N2C(C(=O)O)=C(C(NC(=O)C3SC(=C(C(N)=O)C(=O)O)S3)OC(C)=O)CS[C@H]12. The zero-order valence-electron chi connectivity index (χ0n) is 16.9. The number of rotatable bonds is 8. The molecule has 2 saturated heterocycles. The lowest BCUT2D eigenvalue weighted by molar-refractivity contribution is -0.162. The van der Waals surface area contributed by atoms with E-state index in [4.69, 9.17) is 20.3 Å². The van der Waals surface area contributed by atoms with Crippen LogP contribution in [0.5, 0.6) is 0 Å². The van der Waals surface area contributed by atoms with E-state index in [0.717, 1.165) is 35.3 Å². The average molecular weight is 520 g/mol. The minimum absolute atomic E-state index is 0.0105. The Morgan fingerprint density at radius 1 is 1.21 bits per heavy atom. The number of carboxylic acid groups (broad SMARTS) is 2. The molecular formula is C17H17N3O10S3. The lowest BCUT2D eigenvalue weighted by atomic mass is 10.0. The number of thioether (sulfide) groups is 3. The number of nitrogens with one attached hydrogen (secondary N) is 1. The number of esters is 1. The fourth-order valence-corrected chi connectivity index (χ4v) is 6.80. The predicted molar refractivity (Wildman–Crippen MR) is 115 cm³/mol. The van der Waals surface area contributed by atoms with Crippen molar-refractivity contribution in [2.24, 2.45) is 5.73 Å². The highest BCUT2D eigenvalue weighted by atomic mass is 32.3. The Bertz CT molecular complexity index is 1000. The van der Waals surface area contributed by atoms with Gasteiger partial charge in [-0.3, -0.25) is 24.1 Å². The van der Waals surface area contributed by atoms with Gasteiger partial charge in [0.1, 0.15) is 21.2 Å². The number of carbonyl (C=O) groups is 6. The second-order valence-corrected chi connectivity index (χ2v) is 10.5. The number of fused-ring (bicyclic) bond motifs is 1. The van der Waals surface area contributed by atoms with E-state index in [1.807, 2.05) is 0 Å². The number of aliphatic carboxylic acids is 2. The number of hydrogen-bond donors (Lipinski definition) is 4. The lowest BCUT2D eigenvalue weighted by Gasteiger charge is -2.49. The molecule has 2 fully saturated rings. The molecule has 33 heavy (non-hydrogen) atoms. The van der Waals surface area contributed by atoms with Crippen LogP contribution in [0.25, 0.3) is 0 Å². The number of carbonyl (C=O) groups excluding carboxylic acids is 4. The number of hydrogen-bond acceptors (Lipinski definition) is 11. The summed E-state index contributed by atoms with van der Waals surface area (Å²) in [6, 6.07) is 0. The van der Waals surface area contributed by atoms with Crippen LogP contribution in [0.3, 0.4) is 0 Å². The third-order valence-corrected chi connectivity index (χ3v) is 8.71. The number of ether oxygens (including phenoxy) is 2. The highest BCUT2D eigenvalue weighted by Crippen LogP contribution is 2.52. The molecule has 0 saturated carbocycles. The quantitative estimate of drug-likeness (QED) is 0.0748. The Morgan fingerprint density at radius 3 is 2.33 bits per heavy atom. The van der Waals surface area contributed by atoms with Gasteiger partial charge in [0.15, 0.2) is 6.10 Å². The predicted octanol–water partition coefficient (Wildman–Crippen LogP) is -1.15. The van der Waals surface area contributed by atoms with Gasteiger partial charge >= 0.3 is 17.9 Å². The van der Waals surface area contributed by atoms with Gasteiger partial charge in [0, 0.05) is 25.4 Å². The van der Waals surface area contributed by atoms with Crippen molar-refractivity contribution in [2.45, 2.75) is 29.2 Å². The van der Waals surface area contributed by atoms with Gasteiger partial charge in [-0.1, -0.05) is 23.5 Å². The molecule has 0 aromatic heterocycles. The van der Waals surface area contributed by atoms with Gasteiger partial charge in [0.25, 0.3) is 11.8 Å². The Labute approximate surface area is 198 Å². The molecule has 3 amide bonds. The van der Waals surface area contributed by atoms with Crippen LogP contribution in [0.15, 0.2) is 21.1 Å². The van der Waals surface area contributed by atoms with Crippen molar-refractivity contribution in [2.75, 3.05) is 12.9 Å². The molecule has 3 heterocycles. The number of nitrogens with zero attached hydrogens (tertiary/aromatic N) is 1. The molecule has 3 atom stereocenters. The minimum Gasteiger partial charge on any atom is -0.477 e. The third-order valence-electron chi connectivity index (χ3n) is 4.59. The summed E-state index contributed by atoms with van der Waals surface area (Å²) in [7, 11) is 1.33. The monoisotopic (exact) mass is 519 g/mol. The zero-order chi connectivity index (χ0) is 24.6. The van der Waals surface area contributed by atoms with Gasteiger partial charge in [0.05, 0.1) is 4.24 Å². The van der Waals surface area contributed by atoms with Crippen LogP contribution < -0.4 is 11.1 Å². The van der Waals surface area contributed by atoms with E-state index in [2.05, 4.69) is 5.32 Å². The summed E-state index contributed by atoms with van der Waals surface area (Å²) in [5.74, 6) is -6.23. The third kappa shape index (κ3) is 4.68.